The van der Waals surface area contributed by atoms with Crippen LogP contribution < -0.4 is 5.32 Å². The molecule has 0 fully saturated rings. The maximum absolute atomic E-state index is 11.4. The van der Waals surface area contributed by atoms with Crippen molar-refractivity contribution in [2.45, 2.75) is 19.4 Å². The van der Waals surface area contributed by atoms with Crippen LogP contribution in [0.3, 0.4) is 0 Å². The first kappa shape index (κ1) is 11.2. The van der Waals surface area contributed by atoms with E-state index in [0.29, 0.717) is 0 Å². The molecule has 1 amide bonds. The standard InChI is InChI=1S/C8H13N5O2/c1-8(2,13-5-4-10-12-13)6(11-15)7(14)9-3/h4-5,15H,1-3H3,(H,9,14). The average Bonchev–Trinajstić information content (AvgIpc) is 2.71. The summed E-state index contributed by atoms with van der Waals surface area (Å²) >= 11 is 0. The van der Waals surface area contributed by atoms with Crippen LogP contribution in [0.25, 0.3) is 0 Å². The van der Waals surface area contributed by atoms with Gasteiger partial charge in [0, 0.05) is 13.2 Å². The van der Waals surface area contributed by atoms with E-state index in [1.54, 1.807) is 20.0 Å². The summed E-state index contributed by atoms with van der Waals surface area (Å²) in [6.07, 6.45) is 3.08. The molecule has 7 heteroatoms. The number of hydrogen-bond donors (Lipinski definition) is 2. The van der Waals surface area contributed by atoms with Gasteiger partial charge in [0.15, 0.2) is 5.71 Å². The summed E-state index contributed by atoms with van der Waals surface area (Å²) < 4.78 is 1.44. The summed E-state index contributed by atoms with van der Waals surface area (Å²) in [4.78, 5) is 11.4. The van der Waals surface area contributed by atoms with Gasteiger partial charge in [-0.3, -0.25) is 4.79 Å². The second-order valence-electron chi connectivity index (χ2n) is 3.43. The number of carbonyl (C=O) groups excluding carboxylic acids is 1. The first-order chi connectivity index (χ1) is 7.04. The molecule has 0 radical (unpaired) electrons. The second-order valence-corrected chi connectivity index (χ2v) is 3.43. The van der Waals surface area contributed by atoms with Crippen molar-refractivity contribution >= 4 is 11.6 Å². The largest absolute Gasteiger partial charge is 0.410 e. The lowest BCUT2D eigenvalue weighted by Crippen LogP contribution is -2.45. The highest BCUT2D eigenvalue weighted by Gasteiger charge is 2.33. The first-order valence-electron chi connectivity index (χ1n) is 4.35. The van der Waals surface area contributed by atoms with Crippen molar-refractivity contribution in [2.24, 2.45) is 5.16 Å². The zero-order valence-corrected chi connectivity index (χ0v) is 8.80. The Kier molecular flexibility index (Phi) is 3.03. The number of nitrogens with one attached hydrogen (secondary N) is 1. The third kappa shape index (κ3) is 1.95. The van der Waals surface area contributed by atoms with E-state index in [0.717, 1.165) is 0 Å². The van der Waals surface area contributed by atoms with Crippen LogP contribution >= 0.6 is 0 Å². The number of oxime groups is 1. The third-order valence-corrected chi connectivity index (χ3v) is 2.12. The van der Waals surface area contributed by atoms with Crippen molar-refractivity contribution in [3.8, 4) is 0 Å². The summed E-state index contributed by atoms with van der Waals surface area (Å²) in [5.41, 5.74) is -0.888. The van der Waals surface area contributed by atoms with Gasteiger partial charge in [-0.15, -0.1) is 5.10 Å². The van der Waals surface area contributed by atoms with Gasteiger partial charge in [0.05, 0.1) is 6.20 Å². The highest BCUT2D eigenvalue weighted by Crippen LogP contribution is 2.15. The number of hydrogen-bond acceptors (Lipinski definition) is 5. The van der Waals surface area contributed by atoms with Crippen LogP contribution in [0.15, 0.2) is 17.5 Å². The van der Waals surface area contributed by atoms with Crippen molar-refractivity contribution < 1.29 is 10.0 Å². The number of aromatic nitrogens is 3. The highest BCUT2D eigenvalue weighted by atomic mass is 16.4. The number of nitrogens with zero attached hydrogens (tertiary/aromatic N) is 4. The summed E-state index contributed by atoms with van der Waals surface area (Å²) in [7, 11) is 1.46. The van der Waals surface area contributed by atoms with Gasteiger partial charge in [-0.25, -0.2) is 4.68 Å². The molecule has 0 spiro atoms. The molecule has 0 saturated carbocycles. The van der Waals surface area contributed by atoms with Crippen LogP contribution in [0.2, 0.25) is 0 Å². The first-order valence-corrected chi connectivity index (χ1v) is 4.35. The summed E-state index contributed by atoms with van der Waals surface area (Å²) in [6.45, 7) is 3.40. The Morgan fingerprint density at radius 3 is 2.67 bits per heavy atom. The van der Waals surface area contributed by atoms with Gasteiger partial charge in [0.2, 0.25) is 0 Å². The van der Waals surface area contributed by atoms with Crippen LogP contribution in [-0.2, 0) is 10.3 Å². The highest BCUT2D eigenvalue weighted by molar-refractivity contribution is 6.41. The van der Waals surface area contributed by atoms with Crippen LogP contribution in [0.4, 0.5) is 0 Å². The summed E-state index contributed by atoms with van der Waals surface area (Å²) in [5, 5.41) is 21.6. The molecule has 0 saturated heterocycles. The molecular weight excluding hydrogens is 198 g/mol. The Bertz CT molecular complexity index is 368. The fraction of sp³-hybridized carbons (Fsp3) is 0.500. The van der Waals surface area contributed by atoms with E-state index >= 15 is 0 Å². The topological polar surface area (TPSA) is 92.4 Å². The number of amides is 1. The molecule has 0 aromatic carbocycles. The van der Waals surface area contributed by atoms with Gasteiger partial charge in [-0.05, 0) is 13.8 Å². The summed E-state index contributed by atoms with van der Waals surface area (Å²) in [6, 6.07) is 0. The Morgan fingerprint density at radius 2 is 2.27 bits per heavy atom. The minimum atomic E-state index is -0.856. The van der Waals surface area contributed by atoms with E-state index < -0.39 is 11.4 Å². The Balaban J connectivity index is 3.09. The van der Waals surface area contributed by atoms with Gasteiger partial charge in [-0.1, -0.05) is 10.4 Å². The van der Waals surface area contributed by atoms with Gasteiger partial charge < -0.3 is 10.5 Å². The smallest absolute Gasteiger partial charge is 0.271 e. The molecule has 0 bridgehead atoms. The van der Waals surface area contributed by atoms with Crippen LogP contribution in [0, 0.1) is 0 Å². The molecular formula is C8H13N5O2. The van der Waals surface area contributed by atoms with Gasteiger partial charge in [-0.2, -0.15) is 0 Å². The lowest BCUT2D eigenvalue weighted by atomic mass is 9.98. The molecule has 2 N–H and O–H groups in total. The molecule has 1 aromatic heterocycles. The fourth-order valence-electron chi connectivity index (χ4n) is 1.18. The zero-order chi connectivity index (χ0) is 11.5. The van der Waals surface area contributed by atoms with E-state index in [-0.39, 0.29) is 5.71 Å². The minimum absolute atomic E-state index is 0.0319. The van der Waals surface area contributed by atoms with Gasteiger partial charge in [0.1, 0.15) is 5.54 Å². The van der Waals surface area contributed by atoms with E-state index in [1.807, 2.05) is 0 Å². The van der Waals surface area contributed by atoms with Crippen molar-refractivity contribution in [3.63, 3.8) is 0 Å². The SMILES string of the molecule is CNC(=O)C(=NO)C(C)(C)n1ccnn1. The minimum Gasteiger partial charge on any atom is -0.410 e. The van der Waals surface area contributed by atoms with Gasteiger partial charge >= 0.3 is 0 Å². The zero-order valence-electron chi connectivity index (χ0n) is 8.80. The molecule has 1 aromatic rings. The van der Waals surface area contributed by atoms with E-state index in [9.17, 15) is 4.79 Å². The van der Waals surface area contributed by atoms with Crippen LogP contribution in [0.5, 0.6) is 0 Å². The molecule has 0 aliphatic heterocycles. The number of carbonyl (C=O) groups is 1. The normalized spacial score (nSPS) is 12.6. The van der Waals surface area contributed by atoms with Crippen LogP contribution in [0.1, 0.15) is 13.8 Å². The molecule has 0 atom stereocenters. The molecule has 0 aliphatic carbocycles. The van der Waals surface area contributed by atoms with Gasteiger partial charge in [0.25, 0.3) is 5.91 Å². The predicted molar refractivity (Wildman–Crippen MR) is 52.6 cm³/mol. The van der Waals surface area contributed by atoms with Crippen molar-refractivity contribution in [1.82, 2.24) is 20.3 Å². The van der Waals surface area contributed by atoms with Crippen molar-refractivity contribution in [3.05, 3.63) is 12.4 Å². The van der Waals surface area contributed by atoms with Crippen molar-refractivity contribution in [1.29, 1.82) is 0 Å². The maximum atomic E-state index is 11.4. The Labute approximate surface area is 86.8 Å². The lowest BCUT2D eigenvalue weighted by Gasteiger charge is -2.24. The van der Waals surface area contributed by atoms with Crippen molar-refractivity contribution in [2.75, 3.05) is 7.05 Å². The fourth-order valence-corrected chi connectivity index (χ4v) is 1.18. The van der Waals surface area contributed by atoms with E-state index in [2.05, 4.69) is 20.8 Å². The lowest BCUT2D eigenvalue weighted by molar-refractivity contribution is -0.114. The summed E-state index contributed by atoms with van der Waals surface area (Å²) in [5.74, 6) is -0.460. The molecule has 0 aliphatic rings. The molecule has 82 valence electrons. The monoisotopic (exact) mass is 211 g/mol. The average molecular weight is 211 g/mol. The molecule has 0 unspecified atom stereocenters. The molecule has 1 rings (SSSR count). The predicted octanol–water partition coefficient (Wildman–Crippen LogP) is -0.411. The molecule has 15 heavy (non-hydrogen) atoms. The maximum Gasteiger partial charge on any atom is 0.271 e. The Morgan fingerprint density at radius 1 is 1.60 bits per heavy atom. The quantitative estimate of drug-likeness (QED) is 0.404. The molecule has 7 nitrogen and oxygen atoms in total. The number of rotatable bonds is 3. The van der Waals surface area contributed by atoms with Crippen LogP contribution in [-0.4, -0.2) is 38.9 Å². The van der Waals surface area contributed by atoms with E-state index in [1.165, 1.54) is 17.9 Å². The molecule has 1 heterocycles. The van der Waals surface area contributed by atoms with E-state index in [4.69, 9.17) is 5.21 Å². The second kappa shape index (κ2) is 4.07. The Hall–Kier alpha value is -1.92. The third-order valence-electron chi connectivity index (χ3n) is 2.12.